The molecule has 2 unspecified atom stereocenters. The van der Waals surface area contributed by atoms with Gasteiger partial charge in [0.1, 0.15) is 12.0 Å². The molecule has 0 fully saturated rings. The fourth-order valence-corrected chi connectivity index (χ4v) is 7.64. The molecule has 9 rings (SSSR count). The summed E-state index contributed by atoms with van der Waals surface area (Å²) in [6.07, 6.45) is 12.3. The Morgan fingerprint density at radius 2 is 1.63 bits per heavy atom. The number of thiophene rings is 1. The predicted molar refractivity (Wildman–Crippen MR) is 170 cm³/mol. The van der Waals surface area contributed by atoms with E-state index in [4.69, 9.17) is 15.0 Å². The molecule has 1 aliphatic carbocycles. The number of nitrogens with zero attached hydrogens (tertiary/aromatic N) is 5. The number of allylic oxidation sites excluding steroid dienone is 2. The normalized spacial score (nSPS) is 18.1. The first kappa shape index (κ1) is 22.7. The Kier molecular flexibility index (Phi) is 4.83. The molecule has 0 bridgehead atoms. The van der Waals surface area contributed by atoms with E-state index in [1.54, 1.807) is 0 Å². The van der Waals surface area contributed by atoms with Crippen molar-refractivity contribution in [1.29, 1.82) is 0 Å². The van der Waals surface area contributed by atoms with E-state index >= 15 is 0 Å². The molecule has 0 spiro atoms. The van der Waals surface area contributed by atoms with Gasteiger partial charge in [0.05, 0.1) is 40.2 Å². The number of aromatic nitrogens is 3. The standard InChI is InChI=1S/C35H23N5S/c1-2-9-22(10-3-1)35-38-26-12-5-6-13-27(26)39(35)23-16-19-31(37-21-23)40-28-18-17-25-24-11-4-7-15-30(24)41-34(25)32(28)33-29(40)14-8-20-36-33/h1-21,27,35H. The third-order valence-corrected chi connectivity index (χ3v) is 9.40. The molecule has 4 aromatic heterocycles. The molecule has 7 aromatic rings. The lowest BCUT2D eigenvalue weighted by molar-refractivity contribution is 0.694. The largest absolute Gasteiger partial charge is 0.332 e. The molecule has 0 N–H and O–H groups in total. The van der Waals surface area contributed by atoms with Crippen molar-refractivity contribution in [3.63, 3.8) is 0 Å². The molecule has 6 heteroatoms. The van der Waals surface area contributed by atoms with Crippen LogP contribution in [-0.4, -0.2) is 26.3 Å². The molecule has 2 aliphatic rings. The maximum absolute atomic E-state index is 5.10. The lowest BCUT2D eigenvalue weighted by atomic mass is 10.0. The van der Waals surface area contributed by atoms with Gasteiger partial charge in [-0.05, 0) is 48.0 Å². The van der Waals surface area contributed by atoms with E-state index in [0.717, 1.165) is 33.8 Å². The van der Waals surface area contributed by atoms with Crippen molar-refractivity contribution < 1.29 is 0 Å². The summed E-state index contributed by atoms with van der Waals surface area (Å²) in [6.45, 7) is 0. The molecular weight excluding hydrogens is 522 g/mol. The third kappa shape index (κ3) is 3.31. The number of hydrogen-bond acceptors (Lipinski definition) is 5. The van der Waals surface area contributed by atoms with Crippen molar-refractivity contribution in [3.05, 3.63) is 133 Å². The summed E-state index contributed by atoms with van der Waals surface area (Å²) in [5, 5.41) is 3.75. The van der Waals surface area contributed by atoms with Crippen LogP contribution < -0.4 is 4.90 Å². The molecule has 0 amide bonds. The minimum atomic E-state index is -0.102. The number of hydrogen-bond donors (Lipinski definition) is 0. The molecule has 0 radical (unpaired) electrons. The molecule has 0 saturated heterocycles. The topological polar surface area (TPSA) is 46.3 Å². The highest BCUT2D eigenvalue weighted by atomic mass is 32.1. The molecule has 1 aliphatic heterocycles. The maximum atomic E-state index is 5.10. The number of aliphatic imine (C=N–C) groups is 1. The van der Waals surface area contributed by atoms with Crippen molar-refractivity contribution >= 4 is 64.8 Å². The van der Waals surface area contributed by atoms with E-state index in [1.165, 1.54) is 31.1 Å². The first-order valence-electron chi connectivity index (χ1n) is 13.8. The highest BCUT2D eigenvalue weighted by Gasteiger charge is 2.35. The van der Waals surface area contributed by atoms with Gasteiger partial charge in [-0.2, -0.15) is 0 Å². The molecule has 5 nitrogen and oxygen atoms in total. The van der Waals surface area contributed by atoms with Gasteiger partial charge in [-0.3, -0.25) is 14.5 Å². The minimum absolute atomic E-state index is 0.0801. The summed E-state index contributed by atoms with van der Waals surface area (Å²) < 4.78 is 4.81. The Balaban J connectivity index is 1.21. The number of pyridine rings is 2. The van der Waals surface area contributed by atoms with Crippen molar-refractivity contribution in [2.45, 2.75) is 12.2 Å². The Morgan fingerprint density at radius 3 is 2.54 bits per heavy atom. The van der Waals surface area contributed by atoms with E-state index in [-0.39, 0.29) is 12.2 Å². The van der Waals surface area contributed by atoms with Gasteiger partial charge >= 0.3 is 0 Å². The van der Waals surface area contributed by atoms with Crippen molar-refractivity contribution in [2.24, 2.45) is 4.99 Å². The average Bonchev–Trinajstić information content (AvgIpc) is 3.71. The lowest BCUT2D eigenvalue weighted by Crippen LogP contribution is -2.35. The first-order valence-corrected chi connectivity index (χ1v) is 14.6. The molecule has 41 heavy (non-hydrogen) atoms. The molecule has 0 saturated carbocycles. The fraction of sp³-hybridized carbons (Fsp3) is 0.0571. The van der Waals surface area contributed by atoms with Gasteiger partial charge < -0.3 is 4.90 Å². The first-order chi connectivity index (χ1) is 20.3. The second kappa shape index (κ2) is 8.71. The van der Waals surface area contributed by atoms with Crippen LogP contribution in [0.4, 0.5) is 5.69 Å². The number of benzene rings is 3. The maximum Gasteiger partial charge on any atom is 0.148 e. The third-order valence-electron chi connectivity index (χ3n) is 8.20. The van der Waals surface area contributed by atoms with Crippen LogP contribution in [0.25, 0.3) is 47.9 Å². The summed E-state index contributed by atoms with van der Waals surface area (Å²) in [7, 11) is 0. The van der Waals surface area contributed by atoms with Crippen LogP contribution in [0, 0.1) is 0 Å². The van der Waals surface area contributed by atoms with Gasteiger partial charge in [-0.15, -0.1) is 11.3 Å². The van der Waals surface area contributed by atoms with Gasteiger partial charge in [0.2, 0.25) is 0 Å². The number of anilines is 1. The summed E-state index contributed by atoms with van der Waals surface area (Å²) >= 11 is 1.84. The van der Waals surface area contributed by atoms with Crippen molar-refractivity contribution in [3.8, 4) is 5.82 Å². The van der Waals surface area contributed by atoms with Gasteiger partial charge in [0.25, 0.3) is 0 Å². The minimum Gasteiger partial charge on any atom is -0.332 e. The van der Waals surface area contributed by atoms with Gasteiger partial charge in [0.15, 0.2) is 0 Å². The Morgan fingerprint density at radius 1 is 0.732 bits per heavy atom. The molecular formula is C35H23N5S. The Hall–Kier alpha value is -5.07. The second-order valence-corrected chi connectivity index (χ2v) is 11.5. The zero-order valence-electron chi connectivity index (χ0n) is 21.9. The summed E-state index contributed by atoms with van der Waals surface area (Å²) in [5.41, 5.74) is 6.46. The highest BCUT2D eigenvalue weighted by Crippen LogP contribution is 2.43. The molecule has 3 aromatic carbocycles. The number of rotatable bonds is 3. The summed E-state index contributed by atoms with van der Waals surface area (Å²) in [5.74, 6) is 0.873. The van der Waals surface area contributed by atoms with Crippen molar-refractivity contribution in [2.75, 3.05) is 4.90 Å². The van der Waals surface area contributed by atoms with E-state index < -0.39 is 0 Å². The Labute approximate surface area is 240 Å². The quantitative estimate of drug-likeness (QED) is 0.224. The van der Waals surface area contributed by atoms with Gasteiger partial charge in [0, 0.05) is 31.8 Å². The van der Waals surface area contributed by atoms with Crippen LogP contribution in [0.3, 0.4) is 0 Å². The smallest absolute Gasteiger partial charge is 0.148 e. The SMILES string of the molecule is C1=CC2=NC(c3ccccc3)N(c3ccc(-n4c5cccnc5c5c6sc7ccccc7c6ccc54)nc3)C2C=C1. The van der Waals surface area contributed by atoms with Crippen molar-refractivity contribution in [1.82, 2.24) is 14.5 Å². The van der Waals surface area contributed by atoms with Crippen LogP contribution in [0.2, 0.25) is 0 Å². The predicted octanol–water partition coefficient (Wildman–Crippen LogP) is 8.40. The van der Waals surface area contributed by atoms with Crippen LogP contribution in [0.1, 0.15) is 11.7 Å². The average molecular weight is 546 g/mol. The fourth-order valence-electron chi connectivity index (χ4n) is 6.40. The molecule has 5 heterocycles. The zero-order valence-corrected chi connectivity index (χ0v) is 22.7. The second-order valence-electron chi connectivity index (χ2n) is 10.5. The van der Waals surface area contributed by atoms with E-state index in [9.17, 15) is 0 Å². The summed E-state index contributed by atoms with van der Waals surface area (Å²) in [6, 6.07) is 32.1. The summed E-state index contributed by atoms with van der Waals surface area (Å²) in [4.78, 5) is 17.4. The zero-order chi connectivity index (χ0) is 26.9. The van der Waals surface area contributed by atoms with Crippen LogP contribution in [0.5, 0.6) is 0 Å². The van der Waals surface area contributed by atoms with Crippen LogP contribution >= 0.6 is 11.3 Å². The van der Waals surface area contributed by atoms with Crippen LogP contribution in [-0.2, 0) is 0 Å². The van der Waals surface area contributed by atoms with E-state index in [1.807, 2.05) is 35.9 Å². The molecule has 2 atom stereocenters. The Bertz CT molecular complexity index is 2220. The van der Waals surface area contributed by atoms with Gasteiger partial charge in [-0.25, -0.2) is 4.98 Å². The van der Waals surface area contributed by atoms with Gasteiger partial charge in [-0.1, -0.05) is 72.8 Å². The lowest BCUT2D eigenvalue weighted by Gasteiger charge is -2.31. The highest BCUT2D eigenvalue weighted by molar-refractivity contribution is 7.26. The van der Waals surface area contributed by atoms with Crippen LogP contribution in [0.15, 0.2) is 133 Å². The number of fused-ring (bicyclic) bond motifs is 8. The molecule has 194 valence electrons. The van der Waals surface area contributed by atoms with E-state index in [2.05, 4.69) is 113 Å². The monoisotopic (exact) mass is 545 g/mol. The van der Waals surface area contributed by atoms with E-state index in [0.29, 0.717) is 0 Å².